The molecule has 9 heteroatoms. The maximum atomic E-state index is 12.1. The molecule has 1 aliphatic heterocycles. The van der Waals surface area contributed by atoms with Gasteiger partial charge in [-0.25, -0.2) is 4.79 Å². The molecule has 2 rings (SSSR count). The van der Waals surface area contributed by atoms with Crippen LogP contribution in [-0.4, -0.2) is 53.9 Å². The van der Waals surface area contributed by atoms with Gasteiger partial charge in [0.05, 0.1) is 25.1 Å². The van der Waals surface area contributed by atoms with Crippen molar-refractivity contribution in [1.29, 1.82) is 0 Å². The fourth-order valence-corrected chi connectivity index (χ4v) is 2.77. The number of aliphatic carboxylic acids is 1. The van der Waals surface area contributed by atoms with Crippen molar-refractivity contribution in [3.63, 3.8) is 0 Å². The summed E-state index contributed by atoms with van der Waals surface area (Å²) >= 11 is 0. The molecule has 0 saturated carbocycles. The number of carboxylic acids is 1. The number of nitrogens with one attached hydrogen (secondary N) is 1. The molecular weight excluding hydrogens is 340 g/mol. The van der Waals surface area contributed by atoms with Gasteiger partial charge in [-0.15, -0.1) is 0 Å². The standard InChI is InChI=1S/C17H22N4O5/c1-21-14(12-4-2-11(3-5-12)10-20-18)8-13(26-17(21)25)9-15(22)19-7-6-16(23)24/h2-5,10,13-14H,6-9,18H2,1H3,(H,19,22)(H,23,24)/t13-,14-/m1/s1. The van der Waals surface area contributed by atoms with Gasteiger partial charge in [-0.2, -0.15) is 5.10 Å². The molecule has 0 aromatic heterocycles. The number of nitrogens with two attached hydrogens (primary N) is 1. The predicted octanol–water partition coefficient (Wildman–Crippen LogP) is 0.842. The number of nitrogens with zero attached hydrogens (tertiary/aromatic N) is 2. The van der Waals surface area contributed by atoms with Crippen molar-refractivity contribution in [1.82, 2.24) is 10.2 Å². The van der Waals surface area contributed by atoms with Crippen LogP contribution in [0.2, 0.25) is 0 Å². The molecule has 0 spiro atoms. The number of carbonyl (C=O) groups is 3. The van der Waals surface area contributed by atoms with Crippen LogP contribution in [0.5, 0.6) is 0 Å². The first-order valence-corrected chi connectivity index (χ1v) is 8.16. The van der Waals surface area contributed by atoms with Gasteiger partial charge in [0.15, 0.2) is 0 Å². The van der Waals surface area contributed by atoms with Crippen molar-refractivity contribution in [2.45, 2.75) is 31.4 Å². The summed E-state index contributed by atoms with van der Waals surface area (Å²) in [7, 11) is 1.64. The zero-order valence-corrected chi connectivity index (χ0v) is 14.4. The predicted molar refractivity (Wildman–Crippen MR) is 93.5 cm³/mol. The Morgan fingerprint density at radius 3 is 2.73 bits per heavy atom. The van der Waals surface area contributed by atoms with Crippen LogP contribution in [0.25, 0.3) is 0 Å². The van der Waals surface area contributed by atoms with Crippen LogP contribution in [-0.2, 0) is 14.3 Å². The molecule has 1 aromatic rings. The zero-order valence-electron chi connectivity index (χ0n) is 14.4. The highest BCUT2D eigenvalue weighted by Gasteiger charge is 2.34. The van der Waals surface area contributed by atoms with Gasteiger partial charge in [0.25, 0.3) is 0 Å². The van der Waals surface area contributed by atoms with E-state index in [2.05, 4.69) is 10.4 Å². The summed E-state index contributed by atoms with van der Waals surface area (Å²) in [5.41, 5.74) is 1.75. The number of carbonyl (C=O) groups excluding carboxylic acids is 2. The van der Waals surface area contributed by atoms with Gasteiger partial charge in [0, 0.05) is 20.0 Å². The van der Waals surface area contributed by atoms with Crippen LogP contribution in [0.1, 0.15) is 36.4 Å². The molecule has 4 N–H and O–H groups in total. The van der Waals surface area contributed by atoms with Crippen LogP contribution >= 0.6 is 0 Å². The minimum atomic E-state index is -0.987. The third-order valence-electron chi connectivity index (χ3n) is 4.13. The smallest absolute Gasteiger partial charge is 0.410 e. The largest absolute Gasteiger partial charge is 0.481 e. The van der Waals surface area contributed by atoms with Gasteiger partial charge >= 0.3 is 12.1 Å². The lowest BCUT2D eigenvalue weighted by molar-refractivity contribution is -0.136. The molecule has 9 nitrogen and oxygen atoms in total. The van der Waals surface area contributed by atoms with E-state index >= 15 is 0 Å². The van der Waals surface area contributed by atoms with Crippen LogP contribution in [0, 0.1) is 0 Å². The number of hydrogen-bond donors (Lipinski definition) is 3. The Morgan fingerprint density at radius 2 is 2.12 bits per heavy atom. The molecule has 1 saturated heterocycles. The highest BCUT2D eigenvalue weighted by atomic mass is 16.6. The van der Waals surface area contributed by atoms with E-state index in [0.717, 1.165) is 11.1 Å². The minimum absolute atomic E-state index is 0.00634. The first kappa shape index (κ1) is 19.2. The molecule has 2 atom stereocenters. The third kappa shape index (κ3) is 5.20. The zero-order chi connectivity index (χ0) is 19.1. The molecule has 2 amide bonds. The molecule has 140 valence electrons. The summed E-state index contributed by atoms with van der Waals surface area (Å²) in [5.74, 6) is 3.79. The maximum Gasteiger partial charge on any atom is 0.410 e. The normalized spacial score (nSPS) is 20.0. The van der Waals surface area contributed by atoms with E-state index in [9.17, 15) is 14.4 Å². The molecule has 26 heavy (non-hydrogen) atoms. The second-order valence-corrected chi connectivity index (χ2v) is 6.01. The lowest BCUT2D eigenvalue weighted by Crippen LogP contribution is -2.43. The van der Waals surface area contributed by atoms with Crippen molar-refractivity contribution in [2.75, 3.05) is 13.6 Å². The van der Waals surface area contributed by atoms with E-state index in [1.54, 1.807) is 7.05 Å². The Labute approximate surface area is 150 Å². The van der Waals surface area contributed by atoms with Crippen LogP contribution in [0.4, 0.5) is 4.79 Å². The second-order valence-electron chi connectivity index (χ2n) is 6.01. The molecule has 1 heterocycles. The summed E-state index contributed by atoms with van der Waals surface area (Å²) in [6.45, 7) is 0.0440. The summed E-state index contributed by atoms with van der Waals surface area (Å²) < 4.78 is 5.28. The Balaban J connectivity index is 2.00. The number of ether oxygens (including phenoxy) is 1. The summed E-state index contributed by atoms with van der Waals surface area (Å²) in [5, 5.41) is 14.6. The molecule has 0 radical (unpaired) electrons. The Bertz CT molecular complexity index is 689. The number of hydrazone groups is 1. The van der Waals surface area contributed by atoms with Crippen LogP contribution < -0.4 is 11.2 Å². The Hall–Kier alpha value is -3.10. The average molecular weight is 362 g/mol. The van der Waals surface area contributed by atoms with Gasteiger partial charge in [0.2, 0.25) is 5.91 Å². The van der Waals surface area contributed by atoms with Gasteiger partial charge in [-0.3, -0.25) is 9.59 Å². The Morgan fingerprint density at radius 1 is 1.42 bits per heavy atom. The number of cyclic esters (lactones) is 1. The van der Waals surface area contributed by atoms with Crippen LogP contribution in [0.3, 0.4) is 0 Å². The van der Waals surface area contributed by atoms with E-state index in [4.69, 9.17) is 15.7 Å². The summed E-state index contributed by atoms with van der Waals surface area (Å²) in [6.07, 6.45) is 0.746. The third-order valence-corrected chi connectivity index (χ3v) is 4.13. The highest BCUT2D eigenvalue weighted by Crippen LogP contribution is 2.31. The van der Waals surface area contributed by atoms with Crippen molar-refractivity contribution in [2.24, 2.45) is 10.9 Å². The summed E-state index contributed by atoms with van der Waals surface area (Å²) in [6, 6.07) is 7.21. The number of amides is 2. The number of carboxylic acid groups (broad SMARTS) is 1. The maximum absolute atomic E-state index is 12.1. The monoisotopic (exact) mass is 362 g/mol. The molecule has 1 aliphatic rings. The van der Waals surface area contributed by atoms with Gasteiger partial charge in [0.1, 0.15) is 6.10 Å². The fourth-order valence-electron chi connectivity index (χ4n) is 2.77. The van der Waals surface area contributed by atoms with Crippen molar-refractivity contribution >= 4 is 24.2 Å². The van der Waals surface area contributed by atoms with E-state index in [-0.39, 0.29) is 31.3 Å². The van der Waals surface area contributed by atoms with E-state index < -0.39 is 18.2 Å². The highest BCUT2D eigenvalue weighted by molar-refractivity contribution is 5.79. The minimum Gasteiger partial charge on any atom is -0.481 e. The van der Waals surface area contributed by atoms with E-state index in [1.807, 2.05) is 24.3 Å². The van der Waals surface area contributed by atoms with E-state index in [1.165, 1.54) is 11.1 Å². The fraction of sp³-hybridized carbons (Fsp3) is 0.412. The van der Waals surface area contributed by atoms with Gasteiger partial charge in [-0.1, -0.05) is 24.3 Å². The summed E-state index contributed by atoms with van der Waals surface area (Å²) in [4.78, 5) is 36.0. The molecular formula is C17H22N4O5. The molecule has 0 bridgehead atoms. The molecule has 0 unspecified atom stereocenters. The molecule has 1 fully saturated rings. The quantitative estimate of drug-likeness (QED) is 0.374. The molecule has 1 aromatic carbocycles. The number of benzene rings is 1. The van der Waals surface area contributed by atoms with E-state index in [0.29, 0.717) is 6.42 Å². The number of hydrogen-bond acceptors (Lipinski definition) is 6. The van der Waals surface area contributed by atoms with Gasteiger partial charge in [-0.05, 0) is 11.1 Å². The SMILES string of the molecule is CN1C(=O)O[C@@H](CC(=O)NCCC(=O)O)C[C@@H]1c1ccc(C=NN)cc1. The lowest BCUT2D eigenvalue weighted by atomic mass is 9.96. The van der Waals surface area contributed by atoms with Crippen molar-refractivity contribution in [3.8, 4) is 0 Å². The lowest BCUT2D eigenvalue weighted by Gasteiger charge is -2.36. The number of rotatable bonds is 7. The first-order chi connectivity index (χ1) is 12.4. The first-order valence-electron chi connectivity index (χ1n) is 8.16. The second kappa shape index (κ2) is 8.84. The van der Waals surface area contributed by atoms with Crippen molar-refractivity contribution < 1.29 is 24.2 Å². The molecule has 0 aliphatic carbocycles. The topological polar surface area (TPSA) is 134 Å². The average Bonchev–Trinajstić information content (AvgIpc) is 2.58. The van der Waals surface area contributed by atoms with Crippen molar-refractivity contribution in [3.05, 3.63) is 35.4 Å². The Kier molecular flexibility index (Phi) is 6.54. The van der Waals surface area contributed by atoms with Crippen LogP contribution in [0.15, 0.2) is 29.4 Å². The van der Waals surface area contributed by atoms with Gasteiger partial charge < -0.3 is 25.9 Å².